The summed E-state index contributed by atoms with van der Waals surface area (Å²) >= 11 is 0. The fourth-order valence-electron chi connectivity index (χ4n) is 1.25. The molecule has 0 fully saturated rings. The molecule has 0 aliphatic carbocycles. The minimum atomic E-state index is -3.47. The highest BCUT2D eigenvalue weighted by Crippen LogP contribution is 2.23. The first-order valence-electron chi connectivity index (χ1n) is 5.20. The van der Waals surface area contributed by atoms with E-state index in [1.807, 2.05) is 0 Å². The maximum atomic E-state index is 10.9. The Morgan fingerprint density at radius 3 is 2.50 bits per heavy atom. The molecule has 1 rings (SSSR count). The first-order chi connectivity index (χ1) is 8.44. The summed E-state index contributed by atoms with van der Waals surface area (Å²) in [5.74, 6) is 1.14. The number of benzene rings is 1. The third kappa shape index (κ3) is 5.20. The van der Waals surface area contributed by atoms with Gasteiger partial charge in [0.05, 0.1) is 20.0 Å². The molecule has 100 valence electrons. The van der Waals surface area contributed by atoms with Gasteiger partial charge in [-0.2, -0.15) is 8.42 Å². The minimum Gasteiger partial charge on any atom is -0.497 e. The zero-order chi connectivity index (χ0) is 13.6. The van der Waals surface area contributed by atoms with Gasteiger partial charge in [0.2, 0.25) is 0 Å². The van der Waals surface area contributed by atoms with Crippen molar-refractivity contribution in [2.45, 2.75) is 6.61 Å². The molecule has 0 aromatic heterocycles. The highest BCUT2D eigenvalue weighted by atomic mass is 32.2. The van der Waals surface area contributed by atoms with Crippen LogP contribution >= 0.6 is 0 Å². The number of hydrogen-bond donors (Lipinski definition) is 0. The first-order valence-corrected chi connectivity index (χ1v) is 7.02. The van der Waals surface area contributed by atoms with Gasteiger partial charge < -0.3 is 9.47 Å². The van der Waals surface area contributed by atoms with Crippen LogP contribution < -0.4 is 9.47 Å². The summed E-state index contributed by atoms with van der Waals surface area (Å²) in [6.07, 6.45) is 2.62. The van der Waals surface area contributed by atoms with Crippen LogP contribution in [0.25, 0.3) is 0 Å². The molecule has 0 heterocycles. The Hall–Kier alpha value is -1.53. The summed E-state index contributed by atoms with van der Waals surface area (Å²) in [7, 11) is -1.95. The van der Waals surface area contributed by atoms with Crippen LogP contribution in [-0.4, -0.2) is 28.4 Å². The van der Waals surface area contributed by atoms with E-state index in [0.717, 1.165) is 6.26 Å². The van der Waals surface area contributed by atoms with Gasteiger partial charge in [-0.25, -0.2) is 0 Å². The van der Waals surface area contributed by atoms with Crippen LogP contribution in [0.5, 0.6) is 11.5 Å². The molecule has 6 heteroatoms. The first kappa shape index (κ1) is 14.5. The quantitative estimate of drug-likeness (QED) is 0.559. The van der Waals surface area contributed by atoms with Gasteiger partial charge in [0, 0.05) is 6.07 Å². The molecule has 0 N–H and O–H groups in total. The van der Waals surface area contributed by atoms with E-state index in [9.17, 15) is 8.42 Å². The van der Waals surface area contributed by atoms with E-state index in [2.05, 4.69) is 6.58 Å². The van der Waals surface area contributed by atoms with Crippen molar-refractivity contribution in [2.75, 3.05) is 20.0 Å². The Balaban J connectivity index is 2.86. The SMILES string of the molecule is C=CCOc1cc(COS(C)(=O)=O)cc(OC)c1. The Kier molecular flexibility index (Phi) is 5.18. The lowest BCUT2D eigenvalue weighted by Gasteiger charge is -2.09. The van der Waals surface area contributed by atoms with Gasteiger partial charge in [-0.05, 0) is 17.7 Å². The second kappa shape index (κ2) is 6.42. The van der Waals surface area contributed by atoms with Crippen molar-refractivity contribution < 1.29 is 22.1 Å². The summed E-state index contributed by atoms with van der Waals surface area (Å²) < 4.78 is 37.0. The Morgan fingerprint density at radius 1 is 1.28 bits per heavy atom. The average Bonchev–Trinajstić information content (AvgIpc) is 2.32. The van der Waals surface area contributed by atoms with Gasteiger partial charge in [-0.3, -0.25) is 4.18 Å². The lowest BCUT2D eigenvalue weighted by Crippen LogP contribution is -2.03. The average molecular weight is 272 g/mol. The van der Waals surface area contributed by atoms with E-state index in [-0.39, 0.29) is 6.61 Å². The molecule has 0 amide bonds. The molecule has 0 spiro atoms. The van der Waals surface area contributed by atoms with Crippen molar-refractivity contribution in [3.05, 3.63) is 36.4 Å². The van der Waals surface area contributed by atoms with Crippen LogP contribution in [0, 0.1) is 0 Å². The van der Waals surface area contributed by atoms with E-state index in [4.69, 9.17) is 13.7 Å². The van der Waals surface area contributed by atoms with Crippen LogP contribution in [0.2, 0.25) is 0 Å². The summed E-state index contributed by atoms with van der Waals surface area (Å²) in [5.41, 5.74) is 0.652. The van der Waals surface area contributed by atoms with Gasteiger partial charge in [0.1, 0.15) is 18.1 Å². The highest BCUT2D eigenvalue weighted by molar-refractivity contribution is 7.85. The fourth-order valence-corrected chi connectivity index (χ4v) is 1.60. The van der Waals surface area contributed by atoms with E-state index in [1.165, 1.54) is 7.11 Å². The summed E-state index contributed by atoms with van der Waals surface area (Å²) in [6.45, 7) is 3.85. The lowest BCUT2D eigenvalue weighted by atomic mass is 10.2. The molecule has 0 saturated heterocycles. The smallest absolute Gasteiger partial charge is 0.264 e. The van der Waals surface area contributed by atoms with Crippen molar-refractivity contribution >= 4 is 10.1 Å². The van der Waals surface area contributed by atoms with Crippen LogP contribution in [0.3, 0.4) is 0 Å². The van der Waals surface area contributed by atoms with Gasteiger partial charge >= 0.3 is 0 Å². The molecule has 5 nitrogen and oxygen atoms in total. The fraction of sp³-hybridized carbons (Fsp3) is 0.333. The normalized spacial score (nSPS) is 11.0. The maximum Gasteiger partial charge on any atom is 0.264 e. The van der Waals surface area contributed by atoms with E-state index < -0.39 is 10.1 Å². The second-order valence-corrected chi connectivity index (χ2v) is 5.23. The largest absolute Gasteiger partial charge is 0.497 e. The van der Waals surface area contributed by atoms with Gasteiger partial charge in [-0.1, -0.05) is 12.7 Å². The number of hydrogen-bond acceptors (Lipinski definition) is 5. The van der Waals surface area contributed by atoms with E-state index in [0.29, 0.717) is 23.7 Å². The zero-order valence-corrected chi connectivity index (χ0v) is 11.2. The second-order valence-electron chi connectivity index (χ2n) is 3.58. The maximum absolute atomic E-state index is 10.9. The van der Waals surface area contributed by atoms with Crippen molar-refractivity contribution in [3.8, 4) is 11.5 Å². The van der Waals surface area contributed by atoms with Gasteiger partial charge in [0.15, 0.2) is 0 Å². The van der Waals surface area contributed by atoms with Crippen LogP contribution in [0.1, 0.15) is 5.56 Å². The van der Waals surface area contributed by atoms with Gasteiger partial charge in [0.25, 0.3) is 10.1 Å². The van der Waals surface area contributed by atoms with E-state index in [1.54, 1.807) is 24.3 Å². The molecule has 0 aliphatic rings. The molecule has 0 radical (unpaired) electrons. The Morgan fingerprint density at radius 2 is 1.94 bits per heavy atom. The summed E-state index contributed by atoms with van der Waals surface area (Å²) in [5, 5.41) is 0. The molecule has 18 heavy (non-hydrogen) atoms. The molecule has 1 aromatic rings. The number of ether oxygens (including phenoxy) is 2. The standard InChI is InChI=1S/C12H16O5S/c1-4-5-16-12-7-10(6-11(8-12)15-2)9-17-18(3,13)14/h4,6-8H,1,5,9H2,2-3H3. The molecule has 1 aromatic carbocycles. The third-order valence-corrected chi connectivity index (χ3v) is 2.53. The molecule has 0 bridgehead atoms. The van der Waals surface area contributed by atoms with Crippen LogP contribution in [0.4, 0.5) is 0 Å². The van der Waals surface area contributed by atoms with Crippen molar-refractivity contribution in [1.29, 1.82) is 0 Å². The molecule has 0 unspecified atom stereocenters. The van der Waals surface area contributed by atoms with Crippen LogP contribution in [0.15, 0.2) is 30.9 Å². The third-order valence-electron chi connectivity index (χ3n) is 1.98. The van der Waals surface area contributed by atoms with Crippen LogP contribution in [-0.2, 0) is 20.9 Å². The summed E-state index contributed by atoms with van der Waals surface area (Å²) in [4.78, 5) is 0. The molecular formula is C12H16O5S. The Bertz CT molecular complexity index is 507. The van der Waals surface area contributed by atoms with E-state index >= 15 is 0 Å². The molecule has 0 aliphatic heterocycles. The monoisotopic (exact) mass is 272 g/mol. The Labute approximate surface area is 107 Å². The van der Waals surface area contributed by atoms with Crippen molar-refractivity contribution in [3.63, 3.8) is 0 Å². The minimum absolute atomic E-state index is 0.0551. The predicted molar refractivity (Wildman–Crippen MR) is 68.3 cm³/mol. The lowest BCUT2D eigenvalue weighted by molar-refractivity contribution is 0.308. The number of methoxy groups -OCH3 is 1. The number of rotatable bonds is 7. The predicted octanol–water partition coefficient (Wildman–Crippen LogP) is 1.74. The van der Waals surface area contributed by atoms with Crippen molar-refractivity contribution in [1.82, 2.24) is 0 Å². The zero-order valence-electron chi connectivity index (χ0n) is 10.4. The highest BCUT2D eigenvalue weighted by Gasteiger charge is 2.06. The van der Waals surface area contributed by atoms with Crippen molar-refractivity contribution in [2.24, 2.45) is 0 Å². The summed E-state index contributed by atoms with van der Waals surface area (Å²) in [6, 6.07) is 5.08. The van der Waals surface area contributed by atoms with Gasteiger partial charge in [-0.15, -0.1) is 0 Å². The molecule has 0 saturated carbocycles. The topological polar surface area (TPSA) is 61.8 Å². The molecular weight excluding hydrogens is 256 g/mol. The molecule has 0 atom stereocenters.